The molecule has 1 aromatic heterocycles. The minimum Gasteiger partial charge on any atom is -0.366 e. The third-order valence-corrected chi connectivity index (χ3v) is 6.34. The number of nitrogens with zero attached hydrogens (tertiary/aromatic N) is 1. The number of aromatic nitrogens is 1. The van der Waals surface area contributed by atoms with Crippen LogP contribution in [0.2, 0.25) is 0 Å². The van der Waals surface area contributed by atoms with Crippen LogP contribution in [0.3, 0.4) is 0 Å². The largest absolute Gasteiger partial charge is 0.366 e. The Kier molecular flexibility index (Phi) is 6.25. The number of carbonyl (C=O) groups excluding carboxylic acids is 2. The van der Waals surface area contributed by atoms with E-state index in [0.717, 1.165) is 17.5 Å². The minimum absolute atomic E-state index is 0.0236. The van der Waals surface area contributed by atoms with Gasteiger partial charge < -0.3 is 11.1 Å². The van der Waals surface area contributed by atoms with Gasteiger partial charge in [-0.05, 0) is 59.7 Å². The van der Waals surface area contributed by atoms with Crippen molar-refractivity contribution in [1.29, 1.82) is 0 Å². The predicted octanol–water partition coefficient (Wildman–Crippen LogP) is 4.17. The van der Waals surface area contributed by atoms with Crippen LogP contribution in [0.15, 0.2) is 96.0 Å². The van der Waals surface area contributed by atoms with Crippen molar-refractivity contribution in [2.45, 2.75) is 4.90 Å². The van der Waals surface area contributed by atoms with Crippen LogP contribution in [0.25, 0.3) is 22.4 Å². The first-order valence-corrected chi connectivity index (χ1v) is 12.2. The van der Waals surface area contributed by atoms with E-state index in [1.807, 2.05) is 24.3 Å². The zero-order valence-corrected chi connectivity index (χ0v) is 19.0. The summed E-state index contributed by atoms with van der Waals surface area (Å²) in [5, 5.41) is 2.85. The average Bonchev–Trinajstić information content (AvgIpc) is 2.84. The van der Waals surface area contributed by atoms with E-state index in [1.165, 1.54) is 24.3 Å². The van der Waals surface area contributed by atoms with Gasteiger partial charge in [0.15, 0.2) is 9.84 Å². The summed E-state index contributed by atoms with van der Waals surface area (Å²) in [6.07, 6.45) is 2.77. The Labute approximate surface area is 197 Å². The molecule has 0 radical (unpaired) electrons. The van der Waals surface area contributed by atoms with E-state index in [9.17, 15) is 18.0 Å². The number of sulfone groups is 1. The molecule has 2 amide bonds. The van der Waals surface area contributed by atoms with Crippen molar-refractivity contribution in [1.82, 2.24) is 4.98 Å². The summed E-state index contributed by atoms with van der Waals surface area (Å²) in [5.41, 5.74) is 8.69. The molecule has 7 nitrogen and oxygen atoms in total. The molecule has 0 bridgehead atoms. The standard InChI is InChI=1S/C26H21N3O4S/c1-34(32,33)19-12-13-22(23(16-19)20-9-2-3-10-21(20)25(27)30)26(31)29-18-8-6-7-17(15-18)24-11-4-5-14-28-24/h2-16H,1H3,(H2,27,30)(H,29,31). The maximum atomic E-state index is 13.3. The van der Waals surface area contributed by atoms with Crippen LogP contribution >= 0.6 is 0 Å². The fourth-order valence-electron chi connectivity index (χ4n) is 3.60. The Bertz CT molecular complexity index is 1500. The maximum Gasteiger partial charge on any atom is 0.256 e. The Morgan fingerprint density at radius 2 is 1.59 bits per heavy atom. The van der Waals surface area contributed by atoms with Gasteiger partial charge in [-0.2, -0.15) is 0 Å². The zero-order valence-electron chi connectivity index (χ0n) is 18.2. The highest BCUT2D eigenvalue weighted by Gasteiger charge is 2.20. The van der Waals surface area contributed by atoms with Crippen molar-refractivity contribution >= 4 is 27.3 Å². The highest BCUT2D eigenvalue weighted by Crippen LogP contribution is 2.31. The molecule has 0 saturated heterocycles. The molecule has 0 unspecified atom stereocenters. The van der Waals surface area contributed by atoms with Crippen molar-refractivity contribution in [3.63, 3.8) is 0 Å². The summed E-state index contributed by atoms with van der Waals surface area (Å²) >= 11 is 0. The second kappa shape index (κ2) is 9.29. The molecule has 8 heteroatoms. The third-order valence-electron chi connectivity index (χ3n) is 5.23. The van der Waals surface area contributed by atoms with E-state index in [2.05, 4.69) is 10.3 Å². The van der Waals surface area contributed by atoms with E-state index in [1.54, 1.807) is 42.6 Å². The number of rotatable bonds is 6. The first kappa shape index (κ1) is 22.9. The predicted molar refractivity (Wildman–Crippen MR) is 131 cm³/mol. The number of pyridine rings is 1. The highest BCUT2D eigenvalue weighted by atomic mass is 32.2. The lowest BCUT2D eigenvalue weighted by atomic mass is 9.94. The summed E-state index contributed by atoms with van der Waals surface area (Å²) in [7, 11) is -3.56. The number of amides is 2. The molecule has 0 aliphatic heterocycles. The van der Waals surface area contributed by atoms with Gasteiger partial charge in [-0.25, -0.2) is 8.42 Å². The Hall–Kier alpha value is -4.30. The van der Waals surface area contributed by atoms with E-state index in [-0.39, 0.29) is 21.6 Å². The molecule has 0 spiro atoms. The molecule has 3 aromatic carbocycles. The second-order valence-corrected chi connectivity index (χ2v) is 9.66. The van der Waals surface area contributed by atoms with Gasteiger partial charge in [0.1, 0.15) is 0 Å². The first-order valence-electron chi connectivity index (χ1n) is 10.3. The van der Waals surface area contributed by atoms with Gasteiger partial charge >= 0.3 is 0 Å². The maximum absolute atomic E-state index is 13.3. The number of nitrogens with two attached hydrogens (primary N) is 1. The number of hydrogen-bond acceptors (Lipinski definition) is 5. The molecule has 34 heavy (non-hydrogen) atoms. The minimum atomic E-state index is -3.56. The van der Waals surface area contributed by atoms with Crippen molar-refractivity contribution in [2.75, 3.05) is 11.6 Å². The summed E-state index contributed by atoms with van der Waals surface area (Å²) in [4.78, 5) is 29.7. The molecule has 4 aromatic rings. The Balaban J connectivity index is 1.78. The zero-order chi connectivity index (χ0) is 24.3. The number of carbonyl (C=O) groups is 2. The van der Waals surface area contributed by atoms with Gasteiger partial charge in [0.05, 0.1) is 10.6 Å². The van der Waals surface area contributed by atoms with Crippen molar-refractivity contribution in [3.8, 4) is 22.4 Å². The number of nitrogens with one attached hydrogen (secondary N) is 1. The molecule has 0 aliphatic rings. The summed E-state index contributed by atoms with van der Waals surface area (Å²) in [6, 6.07) is 23.5. The lowest BCUT2D eigenvalue weighted by Gasteiger charge is -2.14. The van der Waals surface area contributed by atoms with Gasteiger partial charge in [-0.3, -0.25) is 14.6 Å². The van der Waals surface area contributed by atoms with Gasteiger partial charge in [0, 0.05) is 34.8 Å². The van der Waals surface area contributed by atoms with Gasteiger partial charge in [0.2, 0.25) is 5.91 Å². The van der Waals surface area contributed by atoms with Crippen LogP contribution in [0.5, 0.6) is 0 Å². The summed E-state index contributed by atoms with van der Waals surface area (Å²) < 4.78 is 24.4. The Morgan fingerprint density at radius 1 is 0.824 bits per heavy atom. The van der Waals surface area contributed by atoms with Gasteiger partial charge in [0.25, 0.3) is 5.91 Å². The smallest absolute Gasteiger partial charge is 0.256 e. The molecule has 1 heterocycles. The van der Waals surface area contributed by atoms with E-state index in [4.69, 9.17) is 5.73 Å². The van der Waals surface area contributed by atoms with Gasteiger partial charge in [-0.15, -0.1) is 0 Å². The molecule has 170 valence electrons. The lowest BCUT2D eigenvalue weighted by Crippen LogP contribution is -2.16. The van der Waals surface area contributed by atoms with Crippen LogP contribution in [0.4, 0.5) is 5.69 Å². The molecule has 0 fully saturated rings. The normalized spacial score (nSPS) is 11.1. The number of hydrogen-bond donors (Lipinski definition) is 2. The summed E-state index contributed by atoms with van der Waals surface area (Å²) in [5.74, 6) is -1.15. The van der Waals surface area contributed by atoms with Gasteiger partial charge in [-0.1, -0.05) is 36.4 Å². The third kappa shape index (κ3) is 4.87. The molecule has 0 atom stereocenters. The summed E-state index contributed by atoms with van der Waals surface area (Å²) in [6.45, 7) is 0. The lowest BCUT2D eigenvalue weighted by molar-refractivity contribution is 0.0997. The fraction of sp³-hybridized carbons (Fsp3) is 0.0385. The number of benzene rings is 3. The number of primary amides is 1. The van der Waals surface area contributed by atoms with Crippen LogP contribution in [-0.2, 0) is 9.84 Å². The second-order valence-electron chi connectivity index (χ2n) is 7.64. The molecule has 0 saturated carbocycles. The quantitative estimate of drug-likeness (QED) is 0.437. The average molecular weight is 472 g/mol. The molecular formula is C26H21N3O4S. The molecule has 0 aliphatic carbocycles. The van der Waals surface area contributed by atoms with Crippen LogP contribution in [0, 0.1) is 0 Å². The van der Waals surface area contributed by atoms with E-state index in [0.29, 0.717) is 11.3 Å². The van der Waals surface area contributed by atoms with Crippen molar-refractivity contribution in [3.05, 3.63) is 102 Å². The topological polar surface area (TPSA) is 119 Å². The molecule has 3 N–H and O–H groups in total. The van der Waals surface area contributed by atoms with E-state index >= 15 is 0 Å². The SMILES string of the molecule is CS(=O)(=O)c1ccc(C(=O)Nc2cccc(-c3ccccn3)c2)c(-c2ccccc2C(N)=O)c1. The number of anilines is 1. The highest BCUT2D eigenvalue weighted by molar-refractivity contribution is 7.90. The Morgan fingerprint density at radius 3 is 2.29 bits per heavy atom. The first-order chi connectivity index (χ1) is 16.2. The fourth-order valence-corrected chi connectivity index (χ4v) is 4.24. The van der Waals surface area contributed by atoms with Crippen molar-refractivity contribution in [2.24, 2.45) is 5.73 Å². The van der Waals surface area contributed by atoms with Crippen LogP contribution in [0.1, 0.15) is 20.7 Å². The molecule has 4 rings (SSSR count). The van der Waals surface area contributed by atoms with Crippen LogP contribution < -0.4 is 11.1 Å². The van der Waals surface area contributed by atoms with Crippen LogP contribution in [-0.4, -0.2) is 31.5 Å². The van der Waals surface area contributed by atoms with Crippen molar-refractivity contribution < 1.29 is 18.0 Å². The monoisotopic (exact) mass is 471 g/mol. The van der Waals surface area contributed by atoms with E-state index < -0.39 is 21.7 Å². The molecular weight excluding hydrogens is 450 g/mol.